The second-order valence-electron chi connectivity index (χ2n) is 17.1. The van der Waals surface area contributed by atoms with Crippen LogP contribution in [-0.4, -0.2) is 115 Å². The van der Waals surface area contributed by atoms with Gasteiger partial charge in [-0.25, -0.2) is 9.59 Å². The Kier molecular flexibility index (Phi) is 20.5. The molecule has 3 N–H and O–H groups in total. The van der Waals surface area contributed by atoms with E-state index in [-0.39, 0.29) is 47.7 Å². The summed E-state index contributed by atoms with van der Waals surface area (Å²) in [7, 11) is 3.47. The Labute approximate surface area is 339 Å². The second kappa shape index (κ2) is 23.1. The lowest BCUT2D eigenvalue weighted by Crippen LogP contribution is -2.53. The zero-order valence-electron chi connectivity index (χ0n) is 36.4. The maximum absolute atomic E-state index is 13.4. The van der Waals surface area contributed by atoms with Crippen LogP contribution in [0.3, 0.4) is 0 Å². The third kappa shape index (κ3) is 14.2. The van der Waals surface area contributed by atoms with Crippen molar-refractivity contribution in [2.45, 2.75) is 175 Å². The maximum Gasteiger partial charge on any atom is 0.336 e. The number of aliphatic hydroxyl groups excluding tert-OH is 3. The van der Waals surface area contributed by atoms with Crippen LogP contribution in [0.4, 0.5) is 0 Å². The minimum Gasteiger partial charge on any atom is -0.466 e. The van der Waals surface area contributed by atoms with Gasteiger partial charge < -0.3 is 43.7 Å². The minimum atomic E-state index is -1.77. The molecule has 13 atom stereocenters. The molecule has 0 aromatic heterocycles. The van der Waals surface area contributed by atoms with Crippen LogP contribution in [0.5, 0.6) is 0 Å². The first-order valence-electron chi connectivity index (χ1n) is 20.7. The maximum atomic E-state index is 13.4. The smallest absolute Gasteiger partial charge is 0.336 e. The summed E-state index contributed by atoms with van der Waals surface area (Å²) in [6.07, 6.45) is -1.45. The summed E-state index contributed by atoms with van der Waals surface area (Å²) in [6, 6.07) is 0. The molecule has 0 aromatic rings. The summed E-state index contributed by atoms with van der Waals surface area (Å²) in [6.45, 7) is 16.4. The Hall–Kier alpha value is -2.75. The highest BCUT2D eigenvalue weighted by atomic mass is 16.7. The number of carbonyl (C=O) groups is 5. The molecule has 57 heavy (non-hydrogen) atoms. The van der Waals surface area contributed by atoms with E-state index >= 15 is 0 Å². The van der Waals surface area contributed by atoms with E-state index < -0.39 is 83.8 Å². The van der Waals surface area contributed by atoms with E-state index in [9.17, 15) is 39.3 Å². The molecule has 14 heteroatoms. The van der Waals surface area contributed by atoms with Crippen LogP contribution >= 0.6 is 0 Å². The Morgan fingerprint density at radius 2 is 1.35 bits per heavy atom. The van der Waals surface area contributed by atoms with Gasteiger partial charge in [-0.3, -0.25) is 14.4 Å². The van der Waals surface area contributed by atoms with Crippen molar-refractivity contribution in [2.75, 3.05) is 21.3 Å². The number of hydrogen-bond acceptors (Lipinski definition) is 14. The minimum absolute atomic E-state index is 0.00301. The lowest BCUT2D eigenvalue weighted by atomic mass is 9.79. The SMILES string of the molecule is COC(=O)/C(C)=C(\C(=O)OC)[C@H](O)CC(=O)O[C@H](C(C)C)[C@@H](OC)[C@H](O)CC(=O)[C@@H](C)[C@@H](O)CC[C@@H](C)[C@@H]1O[C@]2(CC[C@@H](C)[C@H](CC[C@H](C)C(C)=O)O2)CC[C@@H]1C. The number of aliphatic hydroxyl groups is 3. The molecule has 2 aliphatic heterocycles. The Balaban J connectivity index is 2.02. The van der Waals surface area contributed by atoms with Gasteiger partial charge in [0.15, 0.2) is 5.79 Å². The van der Waals surface area contributed by atoms with Gasteiger partial charge in [-0.2, -0.15) is 0 Å². The van der Waals surface area contributed by atoms with Crippen molar-refractivity contribution in [3.05, 3.63) is 11.1 Å². The van der Waals surface area contributed by atoms with Crippen molar-refractivity contribution in [3.8, 4) is 0 Å². The number of methoxy groups -OCH3 is 3. The average molecular weight is 813 g/mol. The molecule has 0 radical (unpaired) electrons. The molecular formula is C43H72O14. The van der Waals surface area contributed by atoms with Gasteiger partial charge in [-0.05, 0) is 76.0 Å². The van der Waals surface area contributed by atoms with Gasteiger partial charge in [0.2, 0.25) is 0 Å². The number of ketones is 2. The van der Waals surface area contributed by atoms with E-state index in [2.05, 4.69) is 30.2 Å². The van der Waals surface area contributed by atoms with Crippen molar-refractivity contribution >= 4 is 29.5 Å². The summed E-state index contributed by atoms with van der Waals surface area (Å²) in [5, 5.41) is 33.1. The van der Waals surface area contributed by atoms with Gasteiger partial charge in [0.1, 0.15) is 23.8 Å². The summed E-state index contributed by atoms with van der Waals surface area (Å²) in [4.78, 5) is 62.7. The first kappa shape index (κ1) is 50.4. The fourth-order valence-electron chi connectivity index (χ4n) is 8.06. The number of esters is 3. The third-order valence-electron chi connectivity index (χ3n) is 12.3. The molecule has 0 saturated carbocycles. The molecule has 0 aromatic carbocycles. The summed E-state index contributed by atoms with van der Waals surface area (Å²) >= 11 is 0. The second-order valence-corrected chi connectivity index (χ2v) is 17.1. The number of rotatable bonds is 22. The standard InChI is InChI=1S/C43H72O14/c1-23(2)38(55-36(49)22-33(47)37(42(51)54-12)29(8)41(50)53-11)40(52-10)34(48)21-32(46)28(7)31(45)15-13-26(5)39-27(6)18-20-43(57-39)19-17-25(4)35(56-43)16-14-24(3)30(9)44/h23-28,31,33-35,38-40,45,47-48H,13-22H2,1-12H3/b37-29-/t24-,25+,26+,27-,28-,31-,33+,34+,35-,38+,39-,40-,43+/m0/s1. The highest BCUT2D eigenvalue weighted by Crippen LogP contribution is 2.45. The molecule has 1 spiro atoms. The highest BCUT2D eigenvalue weighted by molar-refractivity contribution is 6.01. The van der Waals surface area contributed by atoms with E-state index in [1.807, 2.05) is 6.92 Å². The van der Waals surface area contributed by atoms with Gasteiger partial charge in [0, 0.05) is 43.8 Å². The molecule has 0 amide bonds. The monoisotopic (exact) mass is 812 g/mol. The van der Waals surface area contributed by atoms with Crippen molar-refractivity contribution in [2.24, 2.45) is 35.5 Å². The fourth-order valence-corrected chi connectivity index (χ4v) is 8.06. The summed E-state index contributed by atoms with van der Waals surface area (Å²) in [5.74, 6) is -4.23. The molecule has 2 rings (SSSR count). The van der Waals surface area contributed by atoms with Crippen LogP contribution in [0.2, 0.25) is 0 Å². The molecule has 2 heterocycles. The largest absolute Gasteiger partial charge is 0.466 e. The average Bonchev–Trinajstić information content (AvgIpc) is 3.16. The molecule has 2 aliphatic rings. The highest BCUT2D eigenvalue weighted by Gasteiger charge is 2.48. The van der Waals surface area contributed by atoms with E-state index in [0.717, 1.165) is 52.7 Å². The van der Waals surface area contributed by atoms with Crippen molar-refractivity contribution < 1.29 is 67.7 Å². The number of Topliss-reactive ketones (excluding diaryl/α,β-unsaturated/α-hetero) is 2. The molecule has 0 unspecified atom stereocenters. The number of hydrogen-bond donors (Lipinski definition) is 3. The van der Waals surface area contributed by atoms with Crippen molar-refractivity contribution in [1.29, 1.82) is 0 Å². The van der Waals surface area contributed by atoms with Crippen LogP contribution in [0, 0.1) is 35.5 Å². The zero-order chi connectivity index (χ0) is 43.4. The Bertz CT molecular complexity index is 1370. The van der Waals surface area contributed by atoms with Crippen LogP contribution in [0.25, 0.3) is 0 Å². The molecule has 2 saturated heterocycles. The number of carbonyl (C=O) groups excluding carboxylic acids is 5. The van der Waals surface area contributed by atoms with Crippen molar-refractivity contribution in [1.82, 2.24) is 0 Å². The molecule has 14 nitrogen and oxygen atoms in total. The Morgan fingerprint density at radius 3 is 1.89 bits per heavy atom. The summed E-state index contributed by atoms with van der Waals surface area (Å²) in [5.41, 5.74) is -0.701. The van der Waals surface area contributed by atoms with E-state index in [0.29, 0.717) is 18.8 Å². The molecule has 0 aliphatic carbocycles. The van der Waals surface area contributed by atoms with Gasteiger partial charge in [-0.1, -0.05) is 48.5 Å². The molecule has 2 fully saturated rings. The summed E-state index contributed by atoms with van der Waals surface area (Å²) < 4.78 is 34.0. The van der Waals surface area contributed by atoms with Crippen molar-refractivity contribution in [3.63, 3.8) is 0 Å². The van der Waals surface area contributed by atoms with Crippen LogP contribution in [-0.2, 0) is 52.4 Å². The lowest BCUT2D eigenvalue weighted by molar-refractivity contribution is -0.338. The van der Waals surface area contributed by atoms with Crippen LogP contribution in [0.15, 0.2) is 11.1 Å². The van der Waals surface area contributed by atoms with Crippen LogP contribution in [0.1, 0.15) is 127 Å². The van der Waals surface area contributed by atoms with Gasteiger partial charge in [0.05, 0.1) is 56.7 Å². The first-order valence-corrected chi connectivity index (χ1v) is 20.7. The molecular weight excluding hydrogens is 740 g/mol. The van der Waals surface area contributed by atoms with Gasteiger partial charge >= 0.3 is 17.9 Å². The van der Waals surface area contributed by atoms with E-state index in [1.165, 1.54) is 14.0 Å². The molecule has 0 bridgehead atoms. The van der Waals surface area contributed by atoms with Gasteiger partial charge in [0.25, 0.3) is 0 Å². The van der Waals surface area contributed by atoms with E-state index in [4.69, 9.17) is 18.9 Å². The first-order chi connectivity index (χ1) is 26.6. The number of ether oxygens (including phenoxy) is 6. The fraction of sp³-hybridized carbons (Fsp3) is 0.837. The third-order valence-corrected chi connectivity index (χ3v) is 12.3. The molecule has 328 valence electrons. The normalized spacial score (nSPS) is 27.2. The zero-order valence-corrected chi connectivity index (χ0v) is 36.4. The lowest BCUT2D eigenvalue weighted by Gasteiger charge is -2.51. The predicted octanol–water partition coefficient (Wildman–Crippen LogP) is 5.05. The Morgan fingerprint density at radius 1 is 0.754 bits per heavy atom. The predicted molar refractivity (Wildman–Crippen MR) is 210 cm³/mol. The van der Waals surface area contributed by atoms with E-state index in [1.54, 1.807) is 27.7 Å². The topological polar surface area (TPSA) is 201 Å². The van der Waals surface area contributed by atoms with Gasteiger partial charge in [-0.15, -0.1) is 0 Å². The van der Waals surface area contributed by atoms with Crippen LogP contribution < -0.4 is 0 Å². The quantitative estimate of drug-likeness (QED) is 0.0745.